The maximum absolute atomic E-state index is 5.85. The molecule has 0 aliphatic heterocycles. The third-order valence-electron chi connectivity index (χ3n) is 4.02. The standard InChI is InChI=1S/C18H26N2O/c1-14(2)9-19-10-16-11-20(13-21-12-15-7-8-15)18-6-4-3-5-17(16)18/h3-6,11,14-15,19H,7-10,12-13H2,1-2H3. The van der Waals surface area contributed by atoms with Crippen LogP contribution in [-0.4, -0.2) is 17.7 Å². The topological polar surface area (TPSA) is 26.2 Å². The molecule has 0 amide bonds. The van der Waals surface area contributed by atoms with Gasteiger partial charge in [-0.1, -0.05) is 32.0 Å². The molecule has 3 nitrogen and oxygen atoms in total. The van der Waals surface area contributed by atoms with E-state index in [4.69, 9.17) is 4.74 Å². The van der Waals surface area contributed by atoms with Gasteiger partial charge in [0, 0.05) is 18.1 Å². The molecular formula is C18H26N2O. The van der Waals surface area contributed by atoms with Crippen LogP contribution < -0.4 is 5.32 Å². The molecular weight excluding hydrogens is 260 g/mol. The summed E-state index contributed by atoms with van der Waals surface area (Å²) in [6.07, 6.45) is 4.93. The summed E-state index contributed by atoms with van der Waals surface area (Å²) in [5.41, 5.74) is 2.64. The van der Waals surface area contributed by atoms with E-state index in [9.17, 15) is 0 Å². The van der Waals surface area contributed by atoms with E-state index in [2.05, 4.69) is 54.2 Å². The number of hydrogen-bond donors (Lipinski definition) is 1. The van der Waals surface area contributed by atoms with Gasteiger partial charge < -0.3 is 14.6 Å². The van der Waals surface area contributed by atoms with E-state index in [0.717, 1.165) is 25.6 Å². The maximum Gasteiger partial charge on any atom is 0.122 e. The van der Waals surface area contributed by atoms with Crippen molar-refractivity contribution in [2.24, 2.45) is 11.8 Å². The highest BCUT2D eigenvalue weighted by atomic mass is 16.5. The minimum atomic E-state index is 0.668. The van der Waals surface area contributed by atoms with Crippen LogP contribution in [0, 0.1) is 11.8 Å². The first-order valence-electron chi connectivity index (χ1n) is 8.09. The van der Waals surface area contributed by atoms with Crippen LogP contribution in [0.15, 0.2) is 30.5 Å². The van der Waals surface area contributed by atoms with Crippen LogP contribution >= 0.6 is 0 Å². The third kappa shape index (κ3) is 3.86. The molecule has 1 fully saturated rings. The molecule has 1 N–H and O–H groups in total. The molecule has 1 aliphatic rings. The smallest absolute Gasteiger partial charge is 0.122 e. The molecule has 1 aromatic heterocycles. The number of nitrogens with one attached hydrogen (secondary N) is 1. The summed E-state index contributed by atoms with van der Waals surface area (Å²) >= 11 is 0. The monoisotopic (exact) mass is 286 g/mol. The van der Waals surface area contributed by atoms with Crippen molar-refractivity contribution in [3.05, 3.63) is 36.0 Å². The van der Waals surface area contributed by atoms with Gasteiger partial charge in [-0.05, 0) is 42.9 Å². The molecule has 0 radical (unpaired) electrons. The summed E-state index contributed by atoms with van der Waals surface area (Å²) in [7, 11) is 0. The number of ether oxygens (including phenoxy) is 1. The third-order valence-corrected chi connectivity index (χ3v) is 4.02. The predicted octanol–water partition coefficient (Wildman–Crippen LogP) is 3.77. The van der Waals surface area contributed by atoms with Gasteiger partial charge in [0.2, 0.25) is 0 Å². The van der Waals surface area contributed by atoms with Gasteiger partial charge in [-0.3, -0.25) is 0 Å². The van der Waals surface area contributed by atoms with Crippen molar-refractivity contribution < 1.29 is 4.74 Å². The molecule has 1 aliphatic carbocycles. The van der Waals surface area contributed by atoms with E-state index in [1.165, 1.54) is 29.3 Å². The second kappa shape index (κ2) is 6.63. The van der Waals surface area contributed by atoms with E-state index >= 15 is 0 Å². The molecule has 0 spiro atoms. The van der Waals surface area contributed by atoms with Crippen LogP contribution in [-0.2, 0) is 18.0 Å². The molecule has 0 atom stereocenters. The first-order chi connectivity index (χ1) is 10.2. The molecule has 114 valence electrons. The van der Waals surface area contributed by atoms with Crippen molar-refractivity contribution in [1.29, 1.82) is 0 Å². The minimum Gasteiger partial charge on any atom is -0.360 e. The number of para-hydroxylation sites is 1. The average Bonchev–Trinajstić information content (AvgIpc) is 3.22. The highest BCUT2D eigenvalue weighted by Gasteiger charge is 2.21. The van der Waals surface area contributed by atoms with E-state index < -0.39 is 0 Å². The van der Waals surface area contributed by atoms with Gasteiger partial charge in [0.1, 0.15) is 6.73 Å². The Balaban J connectivity index is 1.69. The van der Waals surface area contributed by atoms with Crippen molar-refractivity contribution in [2.45, 2.75) is 40.0 Å². The highest BCUT2D eigenvalue weighted by molar-refractivity contribution is 5.83. The molecule has 0 bridgehead atoms. The number of aromatic nitrogens is 1. The quantitative estimate of drug-likeness (QED) is 0.799. The molecule has 0 unspecified atom stereocenters. The average molecular weight is 286 g/mol. The lowest BCUT2D eigenvalue weighted by Gasteiger charge is -2.06. The second-order valence-electron chi connectivity index (χ2n) is 6.61. The van der Waals surface area contributed by atoms with Crippen molar-refractivity contribution in [3.8, 4) is 0 Å². The van der Waals surface area contributed by atoms with Gasteiger partial charge >= 0.3 is 0 Å². The van der Waals surface area contributed by atoms with E-state index in [-0.39, 0.29) is 0 Å². The lowest BCUT2D eigenvalue weighted by Crippen LogP contribution is -2.18. The largest absolute Gasteiger partial charge is 0.360 e. The SMILES string of the molecule is CC(C)CNCc1cn(COCC2CC2)c2ccccc12. The van der Waals surface area contributed by atoms with E-state index in [1.807, 2.05) is 0 Å². The zero-order valence-electron chi connectivity index (χ0n) is 13.1. The van der Waals surface area contributed by atoms with Gasteiger partial charge in [0.05, 0.1) is 12.1 Å². The number of rotatable bonds is 8. The lowest BCUT2D eigenvalue weighted by atomic mass is 10.1. The Kier molecular flexibility index (Phi) is 4.61. The molecule has 1 saturated carbocycles. The van der Waals surface area contributed by atoms with Gasteiger partial charge in [0.15, 0.2) is 0 Å². The zero-order chi connectivity index (χ0) is 14.7. The summed E-state index contributed by atoms with van der Waals surface area (Å²) in [4.78, 5) is 0. The molecule has 1 heterocycles. The second-order valence-corrected chi connectivity index (χ2v) is 6.61. The van der Waals surface area contributed by atoms with Gasteiger partial charge in [-0.25, -0.2) is 0 Å². The van der Waals surface area contributed by atoms with Gasteiger partial charge in [-0.2, -0.15) is 0 Å². The fourth-order valence-electron chi connectivity index (χ4n) is 2.67. The zero-order valence-corrected chi connectivity index (χ0v) is 13.1. The summed E-state index contributed by atoms with van der Waals surface area (Å²) in [6.45, 7) is 8.03. The first-order valence-corrected chi connectivity index (χ1v) is 8.09. The molecule has 0 saturated heterocycles. The Morgan fingerprint density at radius 3 is 2.86 bits per heavy atom. The van der Waals surface area contributed by atoms with E-state index in [0.29, 0.717) is 12.6 Å². The van der Waals surface area contributed by atoms with Gasteiger partial charge in [0.25, 0.3) is 0 Å². The van der Waals surface area contributed by atoms with Crippen molar-refractivity contribution >= 4 is 10.9 Å². The van der Waals surface area contributed by atoms with Crippen LogP contribution in [0.2, 0.25) is 0 Å². The Morgan fingerprint density at radius 2 is 2.10 bits per heavy atom. The number of nitrogens with zero attached hydrogens (tertiary/aromatic N) is 1. The molecule has 21 heavy (non-hydrogen) atoms. The first kappa shape index (κ1) is 14.6. The van der Waals surface area contributed by atoms with Crippen LogP contribution in [0.3, 0.4) is 0 Å². The van der Waals surface area contributed by atoms with Crippen molar-refractivity contribution in [1.82, 2.24) is 9.88 Å². The normalized spacial score (nSPS) is 15.2. The molecule has 2 aromatic rings. The van der Waals surface area contributed by atoms with Crippen LogP contribution in [0.25, 0.3) is 10.9 Å². The Bertz CT molecular complexity index is 542. The van der Waals surface area contributed by atoms with Crippen LogP contribution in [0.5, 0.6) is 0 Å². The molecule has 3 heteroatoms. The van der Waals surface area contributed by atoms with Crippen molar-refractivity contribution in [3.63, 3.8) is 0 Å². The van der Waals surface area contributed by atoms with E-state index in [1.54, 1.807) is 0 Å². The van der Waals surface area contributed by atoms with Crippen LogP contribution in [0.4, 0.5) is 0 Å². The lowest BCUT2D eigenvalue weighted by molar-refractivity contribution is 0.0717. The Morgan fingerprint density at radius 1 is 1.29 bits per heavy atom. The van der Waals surface area contributed by atoms with Crippen molar-refractivity contribution in [2.75, 3.05) is 13.2 Å². The molecule has 3 rings (SSSR count). The summed E-state index contributed by atoms with van der Waals surface area (Å²) < 4.78 is 8.09. The highest BCUT2D eigenvalue weighted by Crippen LogP contribution is 2.29. The predicted molar refractivity (Wildman–Crippen MR) is 87.2 cm³/mol. The fraction of sp³-hybridized carbons (Fsp3) is 0.556. The number of fused-ring (bicyclic) bond motifs is 1. The minimum absolute atomic E-state index is 0.668. The molecule has 1 aromatic carbocycles. The summed E-state index contributed by atoms with van der Waals surface area (Å²) in [5, 5.41) is 4.87. The number of hydrogen-bond acceptors (Lipinski definition) is 2. The summed E-state index contributed by atoms with van der Waals surface area (Å²) in [6, 6.07) is 8.61. The van der Waals surface area contributed by atoms with Gasteiger partial charge in [-0.15, -0.1) is 0 Å². The maximum atomic E-state index is 5.85. The summed E-state index contributed by atoms with van der Waals surface area (Å²) in [5.74, 6) is 1.50. The fourth-order valence-corrected chi connectivity index (χ4v) is 2.67. The van der Waals surface area contributed by atoms with Crippen LogP contribution in [0.1, 0.15) is 32.3 Å². The number of benzene rings is 1. The Labute approximate surface area is 127 Å². The Hall–Kier alpha value is -1.32.